The monoisotopic (exact) mass is 380 g/mol. The van der Waals surface area contributed by atoms with Crippen molar-refractivity contribution in [1.82, 2.24) is 4.90 Å². The highest BCUT2D eigenvalue weighted by atomic mass is 16.2. The molecule has 1 fully saturated rings. The van der Waals surface area contributed by atoms with Gasteiger partial charge in [0.1, 0.15) is 0 Å². The van der Waals surface area contributed by atoms with E-state index in [0.717, 1.165) is 13.1 Å². The Balaban J connectivity index is 1.59. The van der Waals surface area contributed by atoms with Gasteiger partial charge in [-0.05, 0) is 35.7 Å². The summed E-state index contributed by atoms with van der Waals surface area (Å²) in [6, 6.07) is 15.6. The molecule has 6 nitrogen and oxygen atoms in total. The van der Waals surface area contributed by atoms with Crippen LogP contribution in [-0.2, 0) is 4.79 Å². The van der Waals surface area contributed by atoms with Gasteiger partial charge >= 0.3 is 6.03 Å². The van der Waals surface area contributed by atoms with E-state index >= 15 is 0 Å². The zero-order valence-electron chi connectivity index (χ0n) is 16.7. The van der Waals surface area contributed by atoms with Crippen molar-refractivity contribution in [2.75, 3.05) is 41.7 Å². The number of hydrogen-bond donors (Lipinski definition) is 2. The molecule has 3 rings (SSSR count). The second kappa shape index (κ2) is 8.78. The first kappa shape index (κ1) is 19.7. The van der Waals surface area contributed by atoms with E-state index < -0.39 is 0 Å². The van der Waals surface area contributed by atoms with Crippen LogP contribution >= 0.6 is 0 Å². The van der Waals surface area contributed by atoms with Crippen molar-refractivity contribution < 1.29 is 9.59 Å². The maximum Gasteiger partial charge on any atom is 0.321 e. The molecule has 6 heteroatoms. The Morgan fingerprint density at radius 1 is 0.893 bits per heavy atom. The topological polar surface area (TPSA) is 64.7 Å². The number of carbonyl (C=O) groups is 2. The van der Waals surface area contributed by atoms with E-state index in [4.69, 9.17) is 0 Å². The van der Waals surface area contributed by atoms with E-state index in [0.29, 0.717) is 30.4 Å². The molecule has 0 radical (unpaired) electrons. The van der Waals surface area contributed by atoms with Crippen LogP contribution in [0.15, 0.2) is 48.5 Å². The second-order valence-corrected chi connectivity index (χ2v) is 7.38. The lowest BCUT2D eigenvalue weighted by Gasteiger charge is -2.37. The van der Waals surface area contributed by atoms with Crippen LogP contribution < -0.4 is 15.5 Å². The van der Waals surface area contributed by atoms with Gasteiger partial charge in [0.15, 0.2) is 0 Å². The predicted octanol–water partition coefficient (Wildman–Crippen LogP) is 4.12. The van der Waals surface area contributed by atoms with Crippen LogP contribution in [0.4, 0.5) is 21.9 Å². The number of benzene rings is 2. The summed E-state index contributed by atoms with van der Waals surface area (Å²) >= 11 is 0. The van der Waals surface area contributed by atoms with Crippen molar-refractivity contribution in [3.63, 3.8) is 0 Å². The smallest absolute Gasteiger partial charge is 0.321 e. The molecule has 0 bridgehead atoms. The Labute approximate surface area is 166 Å². The molecular weight excluding hydrogens is 352 g/mol. The predicted molar refractivity (Wildman–Crippen MR) is 114 cm³/mol. The van der Waals surface area contributed by atoms with Crippen molar-refractivity contribution in [2.45, 2.75) is 26.7 Å². The van der Waals surface area contributed by atoms with Crippen LogP contribution in [0.1, 0.15) is 32.3 Å². The molecule has 1 saturated heterocycles. The maximum absolute atomic E-state index is 12.6. The fourth-order valence-corrected chi connectivity index (χ4v) is 3.49. The summed E-state index contributed by atoms with van der Waals surface area (Å²) < 4.78 is 0. The van der Waals surface area contributed by atoms with E-state index in [1.165, 1.54) is 18.2 Å². The molecule has 148 valence electrons. The van der Waals surface area contributed by atoms with Gasteiger partial charge in [0.25, 0.3) is 0 Å². The summed E-state index contributed by atoms with van der Waals surface area (Å²) in [5.74, 6) is 0.328. The molecule has 1 heterocycles. The van der Waals surface area contributed by atoms with Gasteiger partial charge in [-0.1, -0.05) is 38.1 Å². The zero-order chi connectivity index (χ0) is 20.1. The largest absolute Gasteiger partial charge is 0.368 e. The van der Waals surface area contributed by atoms with Crippen molar-refractivity contribution in [3.05, 3.63) is 54.1 Å². The Morgan fingerprint density at radius 2 is 1.54 bits per heavy atom. The van der Waals surface area contributed by atoms with Crippen LogP contribution in [0.2, 0.25) is 0 Å². The molecule has 0 spiro atoms. The number of anilines is 3. The summed E-state index contributed by atoms with van der Waals surface area (Å²) in [6.07, 6.45) is 0. The fourth-order valence-electron chi connectivity index (χ4n) is 3.49. The summed E-state index contributed by atoms with van der Waals surface area (Å²) in [5.41, 5.74) is 3.94. The molecule has 0 saturated carbocycles. The minimum absolute atomic E-state index is 0.114. The Morgan fingerprint density at radius 3 is 2.18 bits per heavy atom. The van der Waals surface area contributed by atoms with E-state index in [1.54, 1.807) is 12.1 Å². The highest BCUT2D eigenvalue weighted by Crippen LogP contribution is 2.28. The van der Waals surface area contributed by atoms with E-state index in [2.05, 4.69) is 53.6 Å². The zero-order valence-corrected chi connectivity index (χ0v) is 16.7. The molecule has 0 aromatic heterocycles. The van der Waals surface area contributed by atoms with Crippen molar-refractivity contribution in [3.8, 4) is 0 Å². The molecule has 1 aliphatic heterocycles. The first-order valence-corrected chi connectivity index (χ1v) is 9.71. The minimum Gasteiger partial charge on any atom is -0.368 e. The Kier molecular flexibility index (Phi) is 6.19. The van der Waals surface area contributed by atoms with Crippen molar-refractivity contribution >= 4 is 29.0 Å². The first-order chi connectivity index (χ1) is 13.4. The number of amides is 3. The normalized spacial score (nSPS) is 14.1. The lowest BCUT2D eigenvalue weighted by molar-refractivity contribution is -0.114. The molecule has 0 unspecified atom stereocenters. The van der Waals surface area contributed by atoms with Crippen LogP contribution in [0.3, 0.4) is 0 Å². The van der Waals surface area contributed by atoms with E-state index in [-0.39, 0.29) is 11.9 Å². The van der Waals surface area contributed by atoms with Gasteiger partial charge in [0.05, 0.1) is 0 Å². The van der Waals surface area contributed by atoms with Crippen LogP contribution in [-0.4, -0.2) is 43.0 Å². The van der Waals surface area contributed by atoms with Gasteiger partial charge < -0.3 is 20.4 Å². The molecular formula is C22H28N4O2. The summed E-state index contributed by atoms with van der Waals surface area (Å²) in [7, 11) is 0. The van der Waals surface area contributed by atoms with Gasteiger partial charge in [-0.25, -0.2) is 4.79 Å². The molecule has 28 heavy (non-hydrogen) atoms. The number of para-hydroxylation sites is 1. The molecule has 2 N–H and O–H groups in total. The van der Waals surface area contributed by atoms with Gasteiger partial charge in [0, 0.05) is 50.2 Å². The number of nitrogens with one attached hydrogen (secondary N) is 2. The van der Waals surface area contributed by atoms with Gasteiger partial charge in [-0.2, -0.15) is 0 Å². The molecule has 2 aromatic carbocycles. The van der Waals surface area contributed by atoms with Crippen LogP contribution in [0.5, 0.6) is 0 Å². The molecule has 2 aromatic rings. The summed E-state index contributed by atoms with van der Waals surface area (Å²) in [5, 5.41) is 5.65. The summed E-state index contributed by atoms with van der Waals surface area (Å²) in [4.78, 5) is 28.0. The average Bonchev–Trinajstić information content (AvgIpc) is 2.68. The average molecular weight is 380 g/mol. The Hall–Kier alpha value is -3.02. The van der Waals surface area contributed by atoms with Crippen molar-refractivity contribution in [2.24, 2.45) is 0 Å². The quantitative estimate of drug-likeness (QED) is 0.838. The highest BCUT2D eigenvalue weighted by Gasteiger charge is 2.23. The molecule has 3 amide bonds. The number of nitrogens with zero attached hydrogens (tertiary/aromatic N) is 2. The molecule has 0 aliphatic carbocycles. The number of piperazine rings is 1. The standard InChI is InChI=1S/C22H28N4O2/c1-16(2)20-9-4-5-10-21(20)25-11-13-26(14-12-25)22(28)24-19-8-6-7-18(15-19)23-17(3)27/h4-10,15-16H,11-14H2,1-3H3,(H,23,27)(H,24,28). The van der Waals surface area contributed by atoms with Gasteiger partial charge in [-0.3, -0.25) is 4.79 Å². The third kappa shape index (κ3) is 4.82. The maximum atomic E-state index is 12.6. The lowest BCUT2D eigenvalue weighted by Crippen LogP contribution is -2.50. The van der Waals surface area contributed by atoms with Crippen LogP contribution in [0, 0.1) is 0 Å². The SMILES string of the molecule is CC(=O)Nc1cccc(NC(=O)N2CCN(c3ccccc3C(C)C)CC2)c1. The Bertz CT molecular complexity index is 842. The van der Waals surface area contributed by atoms with Crippen LogP contribution in [0.25, 0.3) is 0 Å². The molecule has 0 atom stereocenters. The number of carbonyl (C=O) groups excluding carboxylic acids is 2. The minimum atomic E-state index is -0.138. The highest BCUT2D eigenvalue weighted by molar-refractivity contribution is 5.92. The molecule has 1 aliphatic rings. The third-order valence-electron chi connectivity index (χ3n) is 4.90. The number of rotatable bonds is 4. The third-order valence-corrected chi connectivity index (χ3v) is 4.90. The summed E-state index contributed by atoms with van der Waals surface area (Å²) in [6.45, 7) is 8.83. The fraction of sp³-hybridized carbons (Fsp3) is 0.364. The van der Waals surface area contributed by atoms with E-state index in [1.807, 2.05) is 17.0 Å². The first-order valence-electron chi connectivity index (χ1n) is 9.71. The lowest BCUT2D eigenvalue weighted by atomic mass is 10.00. The number of hydrogen-bond acceptors (Lipinski definition) is 3. The van der Waals surface area contributed by atoms with Gasteiger partial charge in [0.2, 0.25) is 5.91 Å². The number of urea groups is 1. The second-order valence-electron chi connectivity index (χ2n) is 7.38. The van der Waals surface area contributed by atoms with Crippen molar-refractivity contribution in [1.29, 1.82) is 0 Å². The van der Waals surface area contributed by atoms with Gasteiger partial charge in [-0.15, -0.1) is 0 Å². The van der Waals surface area contributed by atoms with E-state index in [9.17, 15) is 9.59 Å².